The molecule has 0 spiro atoms. The zero-order valence-electron chi connectivity index (χ0n) is 27.9. The number of likely N-dealkylation sites (tertiary alicyclic amines) is 1. The Balaban J connectivity index is 0.000000352. The summed E-state index contributed by atoms with van der Waals surface area (Å²) >= 11 is 1.51. The van der Waals surface area contributed by atoms with Crippen molar-refractivity contribution >= 4 is 46.2 Å². The maximum atomic E-state index is 9.55. The highest BCUT2D eigenvalue weighted by molar-refractivity contribution is 7.12. The van der Waals surface area contributed by atoms with E-state index in [0.717, 1.165) is 84.5 Å². The van der Waals surface area contributed by atoms with Gasteiger partial charge in [0.2, 0.25) is 0 Å². The number of piperidine rings is 1. The first kappa shape index (κ1) is 39.3. The van der Waals surface area contributed by atoms with Crippen molar-refractivity contribution in [1.29, 1.82) is 5.26 Å². The lowest BCUT2D eigenvalue weighted by Crippen LogP contribution is -2.33. The maximum absolute atomic E-state index is 9.55. The zero-order valence-corrected chi connectivity index (χ0v) is 28.7. The number of aryl methyl sites for hydroxylation is 1. The summed E-state index contributed by atoms with van der Waals surface area (Å²) in [6, 6.07) is 6.42. The smallest absolute Gasteiger partial charge is 0.328 e. The van der Waals surface area contributed by atoms with Gasteiger partial charge in [0.1, 0.15) is 21.7 Å². The Morgan fingerprint density at radius 2 is 1.58 bits per heavy atom. The molecule has 1 aromatic carbocycles. The third kappa shape index (κ3) is 14.2. The van der Waals surface area contributed by atoms with Gasteiger partial charge in [0.25, 0.3) is 0 Å². The third-order valence-electron chi connectivity index (χ3n) is 7.68. The molecule has 1 saturated carbocycles. The standard InChI is InChI=1S/C26H33N5O2S.2C4H4O4/c1-30(2)15-22-24(32-17-19-3-4-19)8-6-21-23(29-33-26(21)22)7-5-18-9-11-31(12-10-18)16-25-28-14-20(13-27)34-25;2*5-3(6)1-2-4(7)8/h6,8,14,18-19H,3-5,7,9-12,15-17H2,1-2H3;2*1-2H,(H,5,6)(H,7,8)/b;2*2-1+. The Kier molecular flexibility index (Phi) is 15.6. The summed E-state index contributed by atoms with van der Waals surface area (Å²) < 4.78 is 12.0. The molecule has 1 saturated heterocycles. The van der Waals surface area contributed by atoms with Crippen LogP contribution in [0.1, 0.15) is 53.2 Å². The number of fused-ring (bicyclic) bond motifs is 1. The molecule has 0 bridgehead atoms. The lowest BCUT2D eigenvalue weighted by molar-refractivity contribution is -0.134. The topological polar surface area (TPSA) is 228 Å². The van der Waals surface area contributed by atoms with E-state index >= 15 is 0 Å². The van der Waals surface area contributed by atoms with Gasteiger partial charge in [-0.25, -0.2) is 24.2 Å². The van der Waals surface area contributed by atoms with Gasteiger partial charge in [0.15, 0.2) is 5.58 Å². The van der Waals surface area contributed by atoms with Crippen molar-refractivity contribution in [2.24, 2.45) is 11.8 Å². The van der Waals surface area contributed by atoms with Gasteiger partial charge in [-0.05, 0) is 89.7 Å². The van der Waals surface area contributed by atoms with Crippen molar-refractivity contribution in [3.8, 4) is 11.8 Å². The lowest BCUT2D eigenvalue weighted by atomic mass is 9.91. The van der Waals surface area contributed by atoms with Crippen LogP contribution in [0.25, 0.3) is 11.0 Å². The summed E-state index contributed by atoms with van der Waals surface area (Å²) in [5.41, 5.74) is 3.06. The Morgan fingerprint density at radius 1 is 0.980 bits per heavy atom. The number of nitriles is 1. The van der Waals surface area contributed by atoms with Gasteiger partial charge in [-0.15, -0.1) is 11.3 Å². The van der Waals surface area contributed by atoms with Gasteiger partial charge in [0.05, 0.1) is 30.6 Å². The molecule has 0 atom stereocenters. The summed E-state index contributed by atoms with van der Waals surface area (Å²) in [6.07, 6.45) is 10.9. The first-order valence-corrected chi connectivity index (χ1v) is 16.7. The van der Waals surface area contributed by atoms with E-state index in [2.05, 4.69) is 52.2 Å². The summed E-state index contributed by atoms with van der Waals surface area (Å²) in [5.74, 6) is -2.67. The number of nitrogens with zero attached hydrogens (tertiary/aromatic N) is 5. The molecule has 0 unspecified atom stereocenters. The molecule has 268 valence electrons. The van der Waals surface area contributed by atoms with Gasteiger partial charge >= 0.3 is 23.9 Å². The average Bonchev–Trinajstić information content (AvgIpc) is 3.63. The summed E-state index contributed by atoms with van der Waals surface area (Å²) in [7, 11) is 4.15. The number of ether oxygens (including phenoxy) is 1. The van der Waals surface area contributed by atoms with E-state index in [4.69, 9.17) is 34.9 Å². The number of benzene rings is 1. The largest absolute Gasteiger partial charge is 0.493 e. The van der Waals surface area contributed by atoms with Crippen LogP contribution >= 0.6 is 11.3 Å². The van der Waals surface area contributed by atoms with Crippen LogP contribution in [0, 0.1) is 23.2 Å². The number of hydrogen-bond acceptors (Lipinski definition) is 12. The normalized spacial score (nSPS) is 14.9. The fourth-order valence-electron chi connectivity index (χ4n) is 5.05. The van der Waals surface area contributed by atoms with Crippen LogP contribution < -0.4 is 4.74 Å². The number of carbonyl (C=O) groups is 4. The van der Waals surface area contributed by atoms with Gasteiger partial charge < -0.3 is 34.6 Å². The van der Waals surface area contributed by atoms with E-state index in [0.29, 0.717) is 35.1 Å². The zero-order chi connectivity index (χ0) is 36.6. The van der Waals surface area contributed by atoms with Crippen LogP contribution in [0.5, 0.6) is 5.75 Å². The molecule has 0 radical (unpaired) electrons. The van der Waals surface area contributed by atoms with Crippen molar-refractivity contribution in [3.05, 3.63) is 63.8 Å². The Bertz CT molecular complexity index is 1650. The molecule has 0 amide bonds. The van der Waals surface area contributed by atoms with Crippen molar-refractivity contribution in [2.75, 3.05) is 33.8 Å². The Labute approximate surface area is 292 Å². The minimum absolute atomic E-state index is 0.558. The highest BCUT2D eigenvalue weighted by Crippen LogP contribution is 2.35. The molecular weight excluding hydrogens is 670 g/mol. The van der Waals surface area contributed by atoms with Crippen LogP contribution in [0.15, 0.2) is 47.2 Å². The number of carboxylic acids is 4. The number of aliphatic carboxylic acids is 4. The van der Waals surface area contributed by atoms with Crippen molar-refractivity contribution in [2.45, 2.75) is 51.6 Å². The van der Waals surface area contributed by atoms with Crippen molar-refractivity contribution < 1.29 is 48.9 Å². The van der Waals surface area contributed by atoms with Gasteiger partial charge in [-0.3, -0.25) is 4.90 Å². The molecule has 1 aliphatic heterocycles. The molecule has 2 aliphatic rings. The molecule has 15 nitrogen and oxygen atoms in total. The molecule has 50 heavy (non-hydrogen) atoms. The number of carboxylic acid groups (broad SMARTS) is 4. The van der Waals surface area contributed by atoms with Crippen molar-refractivity contribution in [1.82, 2.24) is 19.9 Å². The molecule has 1 aliphatic carbocycles. The Morgan fingerprint density at radius 3 is 2.08 bits per heavy atom. The molecule has 2 aromatic heterocycles. The Hall–Kier alpha value is -5.11. The van der Waals surface area contributed by atoms with Crippen LogP contribution in [-0.4, -0.2) is 98.0 Å². The first-order chi connectivity index (χ1) is 23.8. The van der Waals surface area contributed by atoms with Crippen LogP contribution in [0.4, 0.5) is 0 Å². The lowest BCUT2D eigenvalue weighted by Gasteiger charge is -2.31. The average molecular weight is 712 g/mol. The molecule has 2 fully saturated rings. The minimum Gasteiger partial charge on any atom is -0.493 e. The van der Waals surface area contributed by atoms with E-state index in [1.54, 1.807) is 6.20 Å². The molecule has 3 heterocycles. The van der Waals surface area contributed by atoms with Gasteiger partial charge in [-0.2, -0.15) is 5.26 Å². The third-order valence-corrected chi connectivity index (χ3v) is 8.56. The number of thiazole rings is 1. The summed E-state index contributed by atoms with van der Waals surface area (Å²) in [6.45, 7) is 4.60. The second kappa shape index (κ2) is 19.8. The molecule has 16 heteroatoms. The van der Waals surface area contributed by atoms with E-state index < -0.39 is 23.9 Å². The fourth-order valence-corrected chi connectivity index (χ4v) is 5.81. The van der Waals surface area contributed by atoms with Gasteiger partial charge in [0, 0.05) is 36.2 Å². The van der Waals surface area contributed by atoms with E-state index in [-0.39, 0.29) is 0 Å². The van der Waals surface area contributed by atoms with E-state index in [1.165, 1.54) is 37.0 Å². The summed E-state index contributed by atoms with van der Waals surface area (Å²) in [4.78, 5) is 47.9. The van der Waals surface area contributed by atoms with Gasteiger partial charge in [-0.1, -0.05) is 5.16 Å². The predicted octanol–water partition coefficient (Wildman–Crippen LogP) is 4.27. The predicted molar refractivity (Wildman–Crippen MR) is 182 cm³/mol. The molecule has 5 rings (SSSR count). The van der Waals surface area contributed by atoms with E-state index in [1.807, 2.05) is 0 Å². The second-order valence-electron chi connectivity index (χ2n) is 12.0. The monoisotopic (exact) mass is 711 g/mol. The van der Waals surface area contributed by atoms with Crippen LogP contribution in [-0.2, 0) is 38.7 Å². The first-order valence-electron chi connectivity index (χ1n) is 15.9. The van der Waals surface area contributed by atoms with Crippen LogP contribution in [0.2, 0.25) is 0 Å². The van der Waals surface area contributed by atoms with Crippen LogP contribution in [0.3, 0.4) is 0 Å². The number of rotatable bonds is 14. The summed E-state index contributed by atoms with van der Waals surface area (Å²) in [5, 5.41) is 46.9. The fraction of sp³-hybridized carbons (Fsp3) is 0.441. The van der Waals surface area contributed by atoms with Crippen molar-refractivity contribution in [3.63, 3.8) is 0 Å². The van der Waals surface area contributed by atoms with E-state index in [9.17, 15) is 19.2 Å². The minimum atomic E-state index is -1.26. The second-order valence-corrected chi connectivity index (χ2v) is 13.2. The number of aromatic nitrogens is 2. The highest BCUT2D eigenvalue weighted by atomic mass is 32.1. The maximum Gasteiger partial charge on any atom is 0.328 e. The molecular formula is C34H41N5O10S. The highest BCUT2D eigenvalue weighted by Gasteiger charge is 2.25. The molecule has 3 aromatic rings. The SMILES string of the molecule is CN(C)Cc1c(OCC2CC2)ccc2c(CCC3CCN(Cc4ncc(C#N)s4)CC3)noc12.O=C(O)/C=C/C(=O)O.O=C(O)/C=C/C(=O)O. The quantitative estimate of drug-likeness (QED) is 0.171. The number of hydrogen-bond donors (Lipinski definition) is 4. The molecule has 4 N–H and O–H groups in total.